The largest absolute Gasteiger partial charge is 0.481 e. The molecule has 14 heavy (non-hydrogen) atoms. The van der Waals surface area contributed by atoms with Crippen LogP contribution in [-0.4, -0.2) is 52.1 Å². The van der Waals surface area contributed by atoms with E-state index in [4.69, 9.17) is 24.1 Å². The van der Waals surface area contributed by atoms with E-state index in [1.165, 1.54) is 28.4 Å². The number of aliphatic carboxylic acids is 1. The van der Waals surface area contributed by atoms with Crippen molar-refractivity contribution < 1.29 is 28.8 Å². The third kappa shape index (κ3) is 3.22. The maximum absolute atomic E-state index is 10.9. The Bertz CT molecular complexity index is 151. The summed E-state index contributed by atoms with van der Waals surface area (Å²) in [6.45, 7) is 0. The van der Waals surface area contributed by atoms with Gasteiger partial charge in [-0.2, -0.15) is 0 Å². The Balaban J connectivity index is 4.62. The second-order valence-electron chi connectivity index (χ2n) is 2.54. The Morgan fingerprint density at radius 1 is 0.929 bits per heavy atom. The second kappa shape index (κ2) is 6.72. The number of rotatable bonds is 7. The Kier molecular flexibility index (Phi) is 6.39. The molecule has 0 aromatic heterocycles. The van der Waals surface area contributed by atoms with Gasteiger partial charge in [-0.25, -0.2) is 0 Å². The molecule has 0 aliphatic rings. The highest BCUT2D eigenvalue weighted by atomic mass is 16.7. The normalized spacial score (nSPS) is 11.6. The van der Waals surface area contributed by atoms with Crippen molar-refractivity contribution in [2.75, 3.05) is 28.4 Å². The predicted molar refractivity (Wildman–Crippen MR) is 46.7 cm³/mol. The first kappa shape index (κ1) is 13.3. The monoisotopic (exact) mass is 208 g/mol. The molecular formula is C8H16O6. The summed E-state index contributed by atoms with van der Waals surface area (Å²) >= 11 is 0. The van der Waals surface area contributed by atoms with Gasteiger partial charge in [0.05, 0.1) is 0 Å². The van der Waals surface area contributed by atoms with Gasteiger partial charge in [0.15, 0.2) is 18.5 Å². The molecule has 0 heterocycles. The van der Waals surface area contributed by atoms with Crippen molar-refractivity contribution in [3.63, 3.8) is 0 Å². The smallest absolute Gasteiger partial charge is 0.316 e. The summed E-state index contributed by atoms with van der Waals surface area (Å²) in [6.07, 6.45) is -1.81. The zero-order valence-corrected chi connectivity index (χ0v) is 8.72. The molecule has 0 aliphatic carbocycles. The Morgan fingerprint density at radius 2 is 1.21 bits per heavy atom. The van der Waals surface area contributed by atoms with Crippen LogP contribution in [0.15, 0.2) is 0 Å². The fraction of sp³-hybridized carbons (Fsp3) is 0.875. The summed E-state index contributed by atoms with van der Waals surface area (Å²) in [6, 6.07) is 0. The average Bonchev–Trinajstić information content (AvgIpc) is 2.18. The van der Waals surface area contributed by atoms with Crippen LogP contribution in [-0.2, 0) is 23.7 Å². The molecule has 0 rings (SSSR count). The predicted octanol–water partition coefficient (Wildman–Crippen LogP) is -0.0750. The molecule has 0 aromatic rings. The van der Waals surface area contributed by atoms with E-state index >= 15 is 0 Å². The first-order chi connectivity index (χ1) is 6.62. The summed E-state index contributed by atoms with van der Waals surface area (Å²) in [5.41, 5.74) is 0. The van der Waals surface area contributed by atoms with E-state index in [2.05, 4.69) is 0 Å². The molecule has 0 unspecified atom stereocenters. The lowest BCUT2D eigenvalue weighted by molar-refractivity contribution is -0.227. The number of carboxylic acid groups (broad SMARTS) is 1. The SMILES string of the molecule is COC(OC)C(C(=O)O)C(OC)OC. The van der Waals surface area contributed by atoms with Gasteiger partial charge >= 0.3 is 5.97 Å². The molecule has 0 saturated heterocycles. The highest BCUT2D eigenvalue weighted by Crippen LogP contribution is 2.16. The summed E-state index contributed by atoms with van der Waals surface area (Å²) in [5, 5.41) is 8.92. The quantitative estimate of drug-likeness (QED) is 0.590. The number of carboxylic acids is 1. The van der Waals surface area contributed by atoms with Crippen LogP contribution in [0.2, 0.25) is 0 Å². The van der Waals surface area contributed by atoms with Crippen LogP contribution in [0.1, 0.15) is 0 Å². The molecule has 0 aliphatic heterocycles. The number of hydrogen-bond acceptors (Lipinski definition) is 5. The van der Waals surface area contributed by atoms with Crippen molar-refractivity contribution in [2.24, 2.45) is 5.92 Å². The Hall–Kier alpha value is -0.690. The van der Waals surface area contributed by atoms with E-state index in [1.54, 1.807) is 0 Å². The van der Waals surface area contributed by atoms with Crippen molar-refractivity contribution in [3.8, 4) is 0 Å². The minimum atomic E-state index is -1.10. The standard InChI is InChI=1S/C8H16O6/c1-11-7(12-2)5(6(9)10)8(13-3)14-4/h5,7-8H,1-4H3,(H,9,10). The molecule has 0 saturated carbocycles. The minimum absolute atomic E-state index is 0.905. The highest BCUT2D eigenvalue weighted by Gasteiger charge is 2.36. The third-order valence-electron chi connectivity index (χ3n) is 1.80. The fourth-order valence-corrected chi connectivity index (χ4v) is 1.14. The molecule has 0 fully saturated rings. The van der Waals surface area contributed by atoms with E-state index in [0.717, 1.165) is 0 Å². The van der Waals surface area contributed by atoms with Crippen LogP contribution < -0.4 is 0 Å². The topological polar surface area (TPSA) is 74.2 Å². The zero-order valence-electron chi connectivity index (χ0n) is 8.72. The van der Waals surface area contributed by atoms with Gasteiger partial charge in [0.25, 0.3) is 0 Å². The average molecular weight is 208 g/mol. The summed E-state index contributed by atoms with van der Waals surface area (Å²) in [7, 11) is 5.41. The van der Waals surface area contributed by atoms with Gasteiger partial charge in [0, 0.05) is 28.4 Å². The van der Waals surface area contributed by atoms with Gasteiger partial charge in [-0.1, -0.05) is 0 Å². The van der Waals surface area contributed by atoms with E-state index < -0.39 is 24.5 Å². The van der Waals surface area contributed by atoms with Gasteiger partial charge in [0.2, 0.25) is 0 Å². The Labute approximate surface area is 82.7 Å². The van der Waals surface area contributed by atoms with Crippen LogP contribution in [0.3, 0.4) is 0 Å². The van der Waals surface area contributed by atoms with Crippen molar-refractivity contribution in [3.05, 3.63) is 0 Å². The molecular weight excluding hydrogens is 192 g/mol. The maximum Gasteiger partial charge on any atom is 0.316 e. The zero-order chi connectivity index (χ0) is 11.1. The lowest BCUT2D eigenvalue weighted by atomic mass is 10.1. The van der Waals surface area contributed by atoms with Crippen molar-refractivity contribution >= 4 is 5.97 Å². The molecule has 0 atom stereocenters. The van der Waals surface area contributed by atoms with Crippen molar-refractivity contribution in [2.45, 2.75) is 12.6 Å². The molecule has 1 N–H and O–H groups in total. The fourth-order valence-electron chi connectivity index (χ4n) is 1.14. The van der Waals surface area contributed by atoms with Crippen molar-refractivity contribution in [1.82, 2.24) is 0 Å². The first-order valence-corrected chi connectivity index (χ1v) is 3.96. The summed E-state index contributed by atoms with van der Waals surface area (Å²) in [4.78, 5) is 10.9. The number of methoxy groups -OCH3 is 4. The van der Waals surface area contributed by atoms with Gasteiger partial charge < -0.3 is 24.1 Å². The molecule has 84 valence electrons. The number of carbonyl (C=O) groups is 1. The Morgan fingerprint density at radius 3 is 1.36 bits per heavy atom. The first-order valence-electron chi connectivity index (χ1n) is 3.96. The van der Waals surface area contributed by atoms with Crippen LogP contribution >= 0.6 is 0 Å². The number of ether oxygens (including phenoxy) is 4. The van der Waals surface area contributed by atoms with Crippen LogP contribution in [0, 0.1) is 5.92 Å². The van der Waals surface area contributed by atoms with Gasteiger partial charge in [0.1, 0.15) is 0 Å². The molecule has 6 nitrogen and oxygen atoms in total. The van der Waals surface area contributed by atoms with Crippen LogP contribution in [0.25, 0.3) is 0 Å². The summed E-state index contributed by atoms with van der Waals surface area (Å²) < 4.78 is 19.4. The molecule has 0 bridgehead atoms. The van der Waals surface area contributed by atoms with Gasteiger partial charge in [-0.15, -0.1) is 0 Å². The molecule has 0 amide bonds. The second-order valence-corrected chi connectivity index (χ2v) is 2.54. The lowest BCUT2D eigenvalue weighted by Crippen LogP contribution is -2.42. The van der Waals surface area contributed by atoms with Gasteiger partial charge in [-0.3, -0.25) is 4.79 Å². The van der Waals surface area contributed by atoms with Crippen molar-refractivity contribution in [1.29, 1.82) is 0 Å². The molecule has 6 heteroatoms. The maximum atomic E-state index is 10.9. The van der Waals surface area contributed by atoms with Crippen LogP contribution in [0.4, 0.5) is 0 Å². The minimum Gasteiger partial charge on any atom is -0.481 e. The molecule has 0 aromatic carbocycles. The van der Waals surface area contributed by atoms with E-state index in [1.807, 2.05) is 0 Å². The van der Waals surface area contributed by atoms with Crippen LogP contribution in [0.5, 0.6) is 0 Å². The van der Waals surface area contributed by atoms with E-state index in [9.17, 15) is 4.79 Å². The van der Waals surface area contributed by atoms with E-state index in [-0.39, 0.29) is 0 Å². The summed E-state index contributed by atoms with van der Waals surface area (Å²) in [5.74, 6) is -2.13. The third-order valence-corrected chi connectivity index (χ3v) is 1.80. The van der Waals surface area contributed by atoms with E-state index in [0.29, 0.717) is 0 Å². The van der Waals surface area contributed by atoms with Gasteiger partial charge in [-0.05, 0) is 0 Å². The molecule has 0 spiro atoms. The highest BCUT2D eigenvalue weighted by molar-refractivity contribution is 5.71. The molecule has 0 radical (unpaired) electrons. The number of hydrogen-bond donors (Lipinski definition) is 1. The lowest BCUT2D eigenvalue weighted by Gasteiger charge is -2.26.